The first kappa shape index (κ1) is 21.8. The van der Waals surface area contributed by atoms with Crippen molar-refractivity contribution in [3.63, 3.8) is 0 Å². The molecule has 166 valence electrons. The quantitative estimate of drug-likeness (QED) is 0.549. The molecule has 0 spiro atoms. The lowest BCUT2D eigenvalue weighted by Crippen LogP contribution is -2.38. The second-order valence-electron chi connectivity index (χ2n) is 7.66. The molecule has 2 heterocycles. The number of pyridine rings is 1. The number of rotatable bonds is 7. The molecular weight excluding hydrogens is 409 g/mol. The van der Waals surface area contributed by atoms with Gasteiger partial charge in [0.2, 0.25) is 5.88 Å². The van der Waals surface area contributed by atoms with Gasteiger partial charge in [-0.15, -0.1) is 0 Å². The Morgan fingerprint density at radius 2 is 1.62 bits per heavy atom. The zero-order valence-corrected chi connectivity index (χ0v) is 17.8. The first-order valence-corrected chi connectivity index (χ1v) is 10.8. The summed E-state index contributed by atoms with van der Waals surface area (Å²) in [5, 5.41) is 2.79. The first-order valence-electron chi connectivity index (χ1n) is 10.8. The lowest BCUT2D eigenvalue weighted by molar-refractivity contribution is 0.191. The van der Waals surface area contributed by atoms with Crippen molar-refractivity contribution in [1.82, 2.24) is 15.2 Å². The van der Waals surface area contributed by atoms with E-state index in [1.165, 1.54) is 31.4 Å². The van der Waals surface area contributed by atoms with Gasteiger partial charge in [0.25, 0.3) is 0 Å². The van der Waals surface area contributed by atoms with E-state index in [1.54, 1.807) is 36.4 Å². The van der Waals surface area contributed by atoms with E-state index in [2.05, 4.69) is 15.2 Å². The predicted molar refractivity (Wildman–Crippen MR) is 120 cm³/mol. The highest BCUT2D eigenvalue weighted by atomic mass is 19.1. The van der Waals surface area contributed by atoms with Crippen LogP contribution in [0.5, 0.6) is 17.4 Å². The Labute approximate surface area is 187 Å². The molecule has 0 unspecified atom stereocenters. The number of likely N-dealkylation sites (tertiary alicyclic amines) is 1. The number of carbonyl (C=O) groups excluding carboxylic acids is 1. The largest absolute Gasteiger partial charge is 0.457 e. The van der Waals surface area contributed by atoms with Crippen molar-refractivity contribution in [3.8, 4) is 28.6 Å². The third kappa shape index (κ3) is 6.28. The van der Waals surface area contributed by atoms with Crippen LogP contribution >= 0.6 is 0 Å². The van der Waals surface area contributed by atoms with Crippen LogP contribution in [0.4, 0.5) is 9.18 Å². The molecule has 6 nitrogen and oxygen atoms in total. The maximum Gasteiger partial charge on any atom is 0.413 e. The third-order valence-corrected chi connectivity index (χ3v) is 5.27. The number of halogens is 1. The van der Waals surface area contributed by atoms with Crippen molar-refractivity contribution in [3.05, 3.63) is 72.5 Å². The Morgan fingerprint density at radius 1 is 0.938 bits per heavy atom. The van der Waals surface area contributed by atoms with Crippen LogP contribution in [0.3, 0.4) is 0 Å². The molecule has 0 bridgehead atoms. The fourth-order valence-corrected chi connectivity index (χ4v) is 3.60. The molecule has 1 fully saturated rings. The summed E-state index contributed by atoms with van der Waals surface area (Å²) in [6.07, 6.45) is 3.23. The van der Waals surface area contributed by atoms with Crippen molar-refractivity contribution in [2.75, 3.05) is 26.2 Å². The second-order valence-corrected chi connectivity index (χ2v) is 7.66. The van der Waals surface area contributed by atoms with Crippen LogP contribution in [0, 0.1) is 5.82 Å². The standard InChI is InChI=1S/C25H26FN3O3/c26-20-9-13-22(14-10-20)31-21-11-7-19(8-12-21)23-5-4-6-24(28-23)32-25(30)27-15-18-29-16-2-1-3-17-29/h4-14H,1-3,15-18H2,(H,27,30). The Kier molecular flexibility index (Phi) is 7.30. The van der Waals surface area contributed by atoms with Gasteiger partial charge in [-0.1, -0.05) is 12.5 Å². The molecule has 1 aliphatic rings. The molecule has 1 saturated heterocycles. The van der Waals surface area contributed by atoms with E-state index in [-0.39, 0.29) is 11.7 Å². The Balaban J connectivity index is 1.30. The van der Waals surface area contributed by atoms with Crippen molar-refractivity contribution in [2.45, 2.75) is 19.3 Å². The number of benzene rings is 2. The SMILES string of the molecule is O=C(NCCN1CCCCC1)Oc1cccc(-c2ccc(Oc3ccc(F)cc3)cc2)n1. The number of nitrogens with zero attached hydrogens (tertiary/aromatic N) is 2. The smallest absolute Gasteiger partial charge is 0.413 e. The van der Waals surface area contributed by atoms with E-state index in [1.807, 2.05) is 18.2 Å². The highest BCUT2D eigenvalue weighted by Crippen LogP contribution is 2.26. The molecular formula is C25H26FN3O3. The molecule has 0 radical (unpaired) electrons. The van der Waals surface area contributed by atoms with Crippen LogP contribution < -0.4 is 14.8 Å². The summed E-state index contributed by atoms with van der Waals surface area (Å²) in [6.45, 7) is 3.56. The number of ether oxygens (including phenoxy) is 2. The van der Waals surface area contributed by atoms with Gasteiger partial charge in [-0.05, 0) is 80.5 Å². The van der Waals surface area contributed by atoms with Gasteiger partial charge in [-0.2, -0.15) is 0 Å². The Hall–Kier alpha value is -3.45. The zero-order chi connectivity index (χ0) is 22.2. The molecule has 4 rings (SSSR count). The van der Waals surface area contributed by atoms with Crippen LogP contribution in [0.25, 0.3) is 11.3 Å². The molecule has 0 saturated carbocycles. The lowest BCUT2D eigenvalue weighted by atomic mass is 10.1. The van der Waals surface area contributed by atoms with Crippen molar-refractivity contribution in [2.24, 2.45) is 0 Å². The third-order valence-electron chi connectivity index (χ3n) is 5.27. The molecule has 2 aromatic carbocycles. The van der Waals surface area contributed by atoms with Crippen molar-refractivity contribution in [1.29, 1.82) is 0 Å². The van der Waals surface area contributed by atoms with Gasteiger partial charge in [0.1, 0.15) is 17.3 Å². The van der Waals surface area contributed by atoms with Gasteiger partial charge >= 0.3 is 6.09 Å². The molecule has 1 amide bonds. The Morgan fingerprint density at radius 3 is 2.34 bits per heavy atom. The highest BCUT2D eigenvalue weighted by molar-refractivity contribution is 5.70. The van der Waals surface area contributed by atoms with E-state index in [0.29, 0.717) is 23.7 Å². The van der Waals surface area contributed by atoms with Gasteiger partial charge < -0.3 is 19.7 Å². The molecule has 3 aromatic rings. The molecule has 1 aliphatic heterocycles. The average molecular weight is 435 g/mol. The van der Waals surface area contributed by atoms with Crippen LogP contribution in [-0.2, 0) is 0 Å². The summed E-state index contributed by atoms with van der Waals surface area (Å²) < 4.78 is 24.1. The molecule has 32 heavy (non-hydrogen) atoms. The van der Waals surface area contributed by atoms with E-state index < -0.39 is 6.09 Å². The lowest BCUT2D eigenvalue weighted by Gasteiger charge is -2.26. The topological polar surface area (TPSA) is 63.7 Å². The van der Waals surface area contributed by atoms with Crippen LogP contribution in [0.1, 0.15) is 19.3 Å². The summed E-state index contributed by atoms with van der Waals surface area (Å²) in [4.78, 5) is 18.9. The minimum atomic E-state index is -0.505. The van der Waals surface area contributed by atoms with Crippen LogP contribution in [0.2, 0.25) is 0 Å². The van der Waals surface area contributed by atoms with E-state index in [9.17, 15) is 9.18 Å². The fourth-order valence-electron chi connectivity index (χ4n) is 3.60. The summed E-state index contributed by atoms with van der Waals surface area (Å²) >= 11 is 0. The van der Waals surface area contributed by atoms with Gasteiger partial charge in [0.05, 0.1) is 5.69 Å². The van der Waals surface area contributed by atoms with Crippen LogP contribution in [-0.4, -0.2) is 42.2 Å². The normalized spacial score (nSPS) is 14.0. The number of piperidine rings is 1. The summed E-state index contributed by atoms with van der Waals surface area (Å²) in [7, 11) is 0. The number of hydrogen-bond acceptors (Lipinski definition) is 5. The fraction of sp³-hybridized carbons (Fsp3) is 0.280. The minimum absolute atomic E-state index is 0.240. The highest BCUT2D eigenvalue weighted by Gasteiger charge is 2.11. The summed E-state index contributed by atoms with van der Waals surface area (Å²) in [5.74, 6) is 1.11. The molecule has 0 atom stereocenters. The zero-order valence-electron chi connectivity index (χ0n) is 17.8. The summed E-state index contributed by atoms with van der Waals surface area (Å²) in [6, 6.07) is 18.5. The van der Waals surface area contributed by atoms with E-state index in [4.69, 9.17) is 9.47 Å². The van der Waals surface area contributed by atoms with Gasteiger partial charge in [0.15, 0.2) is 0 Å². The number of amides is 1. The molecule has 1 N–H and O–H groups in total. The van der Waals surface area contributed by atoms with E-state index >= 15 is 0 Å². The van der Waals surface area contributed by atoms with Crippen molar-refractivity contribution >= 4 is 6.09 Å². The number of nitrogens with one attached hydrogen (secondary N) is 1. The minimum Gasteiger partial charge on any atom is -0.457 e. The van der Waals surface area contributed by atoms with Gasteiger partial charge in [-0.25, -0.2) is 14.2 Å². The van der Waals surface area contributed by atoms with Crippen molar-refractivity contribution < 1.29 is 18.7 Å². The van der Waals surface area contributed by atoms with Gasteiger partial charge in [-0.3, -0.25) is 0 Å². The average Bonchev–Trinajstić information content (AvgIpc) is 2.82. The van der Waals surface area contributed by atoms with Crippen LogP contribution in [0.15, 0.2) is 66.7 Å². The maximum atomic E-state index is 13.0. The molecule has 1 aromatic heterocycles. The van der Waals surface area contributed by atoms with Gasteiger partial charge in [0, 0.05) is 24.7 Å². The monoisotopic (exact) mass is 435 g/mol. The van der Waals surface area contributed by atoms with E-state index in [0.717, 1.165) is 25.2 Å². The predicted octanol–water partition coefficient (Wildman–Crippen LogP) is 5.25. The summed E-state index contributed by atoms with van der Waals surface area (Å²) in [5.41, 5.74) is 1.53. The second kappa shape index (κ2) is 10.7. The molecule has 7 heteroatoms. The number of aromatic nitrogens is 1. The number of carbonyl (C=O) groups is 1. The Bertz CT molecular complexity index is 1020. The number of hydrogen-bond donors (Lipinski definition) is 1. The molecule has 0 aliphatic carbocycles. The maximum absolute atomic E-state index is 13.0. The first-order chi connectivity index (χ1) is 15.7.